The van der Waals surface area contributed by atoms with E-state index >= 15 is 0 Å². The molecular weight excluding hydrogens is 562 g/mol. The van der Waals surface area contributed by atoms with Gasteiger partial charge in [-0.2, -0.15) is 5.10 Å². The molecule has 222 valence electrons. The minimum absolute atomic E-state index is 0.0137. The van der Waals surface area contributed by atoms with Gasteiger partial charge >= 0.3 is 0 Å². The molecule has 0 aliphatic carbocycles. The summed E-state index contributed by atoms with van der Waals surface area (Å²) in [6.07, 6.45) is 2.66. The van der Waals surface area contributed by atoms with E-state index in [-0.39, 0.29) is 12.5 Å². The van der Waals surface area contributed by atoms with Crippen LogP contribution in [0.25, 0.3) is 0 Å². The van der Waals surface area contributed by atoms with Gasteiger partial charge in [0.2, 0.25) is 11.7 Å². The molecular formula is C27H33N9O5S. The van der Waals surface area contributed by atoms with Gasteiger partial charge in [0, 0.05) is 33.0 Å². The Hall–Kier alpha value is -4.63. The lowest BCUT2D eigenvalue weighted by atomic mass is 10.2. The number of anilines is 3. The number of hydrogen-bond acceptors (Lipinski definition) is 11. The van der Waals surface area contributed by atoms with E-state index in [1.54, 1.807) is 12.3 Å². The van der Waals surface area contributed by atoms with Crippen LogP contribution in [0.1, 0.15) is 25.2 Å². The normalized spacial score (nSPS) is 16.4. The third-order valence-electron chi connectivity index (χ3n) is 5.94. The Morgan fingerprint density at radius 2 is 1.81 bits per heavy atom. The summed E-state index contributed by atoms with van der Waals surface area (Å²) in [7, 11) is -3.70. The number of hydrazine groups is 1. The lowest BCUT2D eigenvalue weighted by Gasteiger charge is -2.28. The van der Waals surface area contributed by atoms with Crippen LogP contribution in [0.2, 0.25) is 0 Å². The van der Waals surface area contributed by atoms with E-state index in [0.717, 1.165) is 17.5 Å². The van der Waals surface area contributed by atoms with Crippen LogP contribution in [0.3, 0.4) is 0 Å². The Morgan fingerprint density at radius 1 is 1.05 bits per heavy atom. The van der Waals surface area contributed by atoms with Gasteiger partial charge in [-0.15, -0.1) is 4.40 Å². The highest BCUT2D eigenvalue weighted by Crippen LogP contribution is 2.39. The van der Waals surface area contributed by atoms with Crippen LogP contribution in [0, 0.1) is 0 Å². The highest BCUT2D eigenvalue weighted by Gasteiger charge is 2.31. The van der Waals surface area contributed by atoms with Crippen molar-refractivity contribution in [3.05, 3.63) is 66.0 Å². The number of sulfonamides is 1. The van der Waals surface area contributed by atoms with Gasteiger partial charge in [0.15, 0.2) is 23.1 Å². The Morgan fingerprint density at radius 3 is 2.57 bits per heavy atom. The van der Waals surface area contributed by atoms with Crippen LogP contribution in [0.5, 0.6) is 11.5 Å². The fourth-order valence-corrected chi connectivity index (χ4v) is 4.59. The van der Waals surface area contributed by atoms with Crippen LogP contribution in [0.15, 0.2) is 64.1 Å². The number of guanidine groups is 1. The summed E-state index contributed by atoms with van der Waals surface area (Å²) in [6.45, 7) is 6.28. The molecule has 3 heterocycles. The number of morpholine rings is 1. The largest absolute Gasteiger partial charge is 0.449 e. The summed E-state index contributed by atoms with van der Waals surface area (Å²) in [4.78, 5) is 11.3. The van der Waals surface area contributed by atoms with Crippen LogP contribution in [-0.4, -0.2) is 68.9 Å². The van der Waals surface area contributed by atoms with E-state index < -0.39 is 15.8 Å². The van der Waals surface area contributed by atoms with Crippen molar-refractivity contribution in [3.63, 3.8) is 0 Å². The summed E-state index contributed by atoms with van der Waals surface area (Å²) >= 11 is 0. The number of nitrogens with zero attached hydrogens (tertiary/aromatic N) is 5. The highest BCUT2D eigenvalue weighted by molar-refractivity contribution is 7.89. The van der Waals surface area contributed by atoms with Gasteiger partial charge in [0.25, 0.3) is 10.0 Å². The number of benzene rings is 2. The monoisotopic (exact) mass is 595 g/mol. The van der Waals surface area contributed by atoms with Gasteiger partial charge in [0.05, 0.1) is 37.9 Å². The molecule has 0 bridgehead atoms. The van der Waals surface area contributed by atoms with Gasteiger partial charge < -0.3 is 24.4 Å². The molecule has 15 heteroatoms. The Kier molecular flexibility index (Phi) is 8.59. The average Bonchev–Trinajstić information content (AvgIpc) is 3.28. The molecule has 0 amide bonds. The fraction of sp³-hybridized carbons (Fsp3) is 0.333. The molecule has 1 saturated heterocycles. The van der Waals surface area contributed by atoms with Gasteiger partial charge in [0.1, 0.15) is 5.82 Å². The number of hydrogen-bond donors (Lipinski definition) is 4. The van der Waals surface area contributed by atoms with Crippen molar-refractivity contribution in [3.8, 4) is 11.5 Å². The molecule has 0 atom stereocenters. The van der Waals surface area contributed by atoms with Crippen molar-refractivity contribution >= 4 is 39.5 Å². The van der Waals surface area contributed by atoms with Crippen LogP contribution in [0.4, 0.5) is 17.3 Å². The molecule has 3 aromatic rings. The van der Waals surface area contributed by atoms with Crippen molar-refractivity contribution in [1.82, 2.24) is 20.7 Å². The number of aromatic nitrogens is 2. The van der Waals surface area contributed by atoms with Crippen LogP contribution >= 0.6 is 0 Å². The molecule has 14 nitrogen and oxygen atoms in total. The molecule has 1 fully saturated rings. The Balaban J connectivity index is 1.31. The SMILES string of the molecule is CC1(C)Oc2ccc(/C=N/Nc3cc(N4CCOCC4)nc(CN/C(=N\S(C)(=O)=O)NNc4ccccc4)n3)cc2O1. The third-order valence-corrected chi connectivity index (χ3v) is 6.45. The predicted octanol–water partition coefficient (Wildman–Crippen LogP) is 2.29. The van der Waals surface area contributed by atoms with E-state index in [9.17, 15) is 8.42 Å². The molecule has 0 spiro atoms. The Bertz CT molecular complexity index is 1560. The predicted molar refractivity (Wildman–Crippen MR) is 160 cm³/mol. The number of ether oxygens (including phenoxy) is 3. The molecule has 4 N–H and O–H groups in total. The minimum atomic E-state index is -3.70. The second-order valence-electron chi connectivity index (χ2n) is 9.95. The second kappa shape index (κ2) is 12.5. The number of rotatable bonds is 9. The highest BCUT2D eigenvalue weighted by atomic mass is 32.2. The van der Waals surface area contributed by atoms with E-state index in [0.29, 0.717) is 55.3 Å². The first-order chi connectivity index (χ1) is 20.1. The van der Waals surface area contributed by atoms with Gasteiger partial charge in [-0.05, 0) is 35.9 Å². The van der Waals surface area contributed by atoms with Gasteiger partial charge in [-0.1, -0.05) is 18.2 Å². The first-order valence-electron chi connectivity index (χ1n) is 13.2. The number of nitrogens with one attached hydrogen (secondary N) is 4. The molecule has 0 radical (unpaired) electrons. The summed E-state index contributed by atoms with van der Waals surface area (Å²) in [5.41, 5.74) is 10.2. The van der Waals surface area contributed by atoms with Crippen molar-refractivity contribution in [2.75, 3.05) is 48.3 Å². The summed E-state index contributed by atoms with van der Waals surface area (Å²) in [5.74, 6) is 2.14. The molecule has 42 heavy (non-hydrogen) atoms. The maximum absolute atomic E-state index is 11.9. The number of para-hydroxylation sites is 1. The molecule has 2 aliphatic rings. The second-order valence-corrected chi connectivity index (χ2v) is 11.6. The standard InChI is InChI=1S/C27H33N9O5S/c1-27(2)40-21-10-9-19(15-22(21)41-27)17-29-33-23-16-25(36-11-13-39-14-12-36)31-24(30-23)18-28-26(35-42(3,37)38)34-32-20-7-5-4-6-8-20/h4-10,15-17,32H,11-14,18H2,1-3H3,(H2,28,34,35)(H,30,31,33)/b29-17+. The lowest BCUT2D eigenvalue weighted by molar-refractivity contribution is -0.0431. The van der Waals surface area contributed by atoms with Gasteiger partial charge in [-0.25, -0.2) is 18.4 Å². The first-order valence-corrected chi connectivity index (χ1v) is 15.1. The number of fused-ring (bicyclic) bond motifs is 1. The first kappa shape index (κ1) is 28.9. The van der Waals surface area contributed by atoms with Crippen molar-refractivity contribution in [1.29, 1.82) is 0 Å². The molecule has 0 unspecified atom stereocenters. The van der Waals surface area contributed by atoms with Crippen LogP contribution in [-0.2, 0) is 21.3 Å². The zero-order valence-corrected chi connectivity index (χ0v) is 24.3. The van der Waals surface area contributed by atoms with E-state index in [4.69, 9.17) is 14.2 Å². The molecule has 2 aliphatic heterocycles. The minimum Gasteiger partial charge on any atom is -0.449 e. The Labute approximate surface area is 244 Å². The molecule has 2 aromatic carbocycles. The van der Waals surface area contributed by atoms with E-state index in [2.05, 4.69) is 46.0 Å². The van der Waals surface area contributed by atoms with Crippen LogP contribution < -0.4 is 36.0 Å². The van der Waals surface area contributed by atoms with Gasteiger partial charge in [-0.3, -0.25) is 16.3 Å². The summed E-state index contributed by atoms with van der Waals surface area (Å²) < 4.78 is 44.6. The van der Waals surface area contributed by atoms with E-state index in [1.165, 1.54) is 0 Å². The average molecular weight is 596 g/mol. The quantitative estimate of drug-likeness (QED) is 0.162. The maximum atomic E-state index is 11.9. The van der Waals surface area contributed by atoms with E-state index in [1.807, 2.05) is 62.4 Å². The van der Waals surface area contributed by atoms with Crippen molar-refractivity contribution in [2.45, 2.75) is 26.2 Å². The topological polar surface area (TPSA) is 164 Å². The lowest BCUT2D eigenvalue weighted by Crippen LogP contribution is -2.41. The smallest absolute Gasteiger partial charge is 0.253 e. The molecule has 5 rings (SSSR count). The number of hydrazone groups is 1. The fourth-order valence-electron chi connectivity index (χ4n) is 4.15. The third kappa shape index (κ3) is 8.20. The molecule has 0 saturated carbocycles. The summed E-state index contributed by atoms with van der Waals surface area (Å²) in [5, 5.41) is 7.33. The zero-order chi connectivity index (χ0) is 29.6. The van der Waals surface area contributed by atoms with Crippen molar-refractivity contribution < 1.29 is 22.6 Å². The molecule has 1 aromatic heterocycles. The van der Waals surface area contributed by atoms with Crippen molar-refractivity contribution in [2.24, 2.45) is 9.50 Å². The summed E-state index contributed by atoms with van der Waals surface area (Å²) in [6, 6.07) is 16.6. The maximum Gasteiger partial charge on any atom is 0.253 e. The zero-order valence-electron chi connectivity index (χ0n) is 23.5.